The Bertz CT molecular complexity index is 603. The largest absolute Gasteiger partial charge is 0.356 e. The first kappa shape index (κ1) is 11.7. The van der Waals surface area contributed by atoms with Crippen LogP contribution in [0.25, 0.3) is 0 Å². The van der Waals surface area contributed by atoms with Gasteiger partial charge in [0.1, 0.15) is 17.6 Å². The lowest BCUT2D eigenvalue weighted by Crippen LogP contribution is -2.20. The van der Waals surface area contributed by atoms with Crippen molar-refractivity contribution in [3.05, 3.63) is 54.0 Å². The van der Waals surface area contributed by atoms with Gasteiger partial charge in [0.15, 0.2) is 0 Å². The maximum atomic E-state index is 8.90. The molecule has 4 nitrogen and oxygen atoms in total. The minimum Gasteiger partial charge on any atom is -0.356 e. The maximum absolute atomic E-state index is 8.90. The molecule has 1 aliphatic rings. The molecule has 0 N–H and O–H groups in total. The molecule has 3 rings (SSSR count). The van der Waals surface area contributed by atoms with Crippen molar-refractivity contribution in [1.29, 1.82) is 5.26 Å². The first-order chi connectivity index (χ1) is 9.36. The lowest BCUT2D eigenvalue weighted by Gasteiger charge is -2.17. The van der Waals surface area contributed by atoms with E-state index in [0.29, 0.717) is 11.6 Å². The Hall–Kier alpha value is -2.41. The van der Waals surface area contributed by atoms with Crippen LogP contribution in [0.15, 0.2) is 42.7 Å². The molecule has 94 valence electrons. The zero-order chi connectivity index (χ0) is 13.1. The van der Waals surface area contributed by atoms with Crippen molar-refractivity contribution in [2.75, 3.05) is 18.0 Å². The summed E-state index contributed by atoms with van der Waals surface area (Å²) in [6.07, 6.45) is 4.79. The van der Waals surface area contributed by atoms with Crippen molar-refractivity contribution < 1.29 is 0 Å². The van der Waals surface area contributed by atoms with Crippen LogP contribution in [0.5, 0.6) is 0 Å². The second-order valence-corrected chi connectivity index (χ2v) is 4.70. The van der Waals surface area contributed by atoms with Gasteiger partial charge >= 0.3 is 0 Å². The summed E-state index contributed by atoms with van der Waals surface area (Å²) in [7, 11) is 0. The highest BCUT2D eigenvalue weighted by atomic mass is 15.2. The fourth-order valence-corrected chi connectivity index (χ4v) is 2.54. The van der Waals surface area contributed by atoms with Gasteiger partial charge in [0.25, 0.3) is 0 Å². The highest BCUT2D eigenvalue weighted by Gasteiger charge is 2.24. The van der Waals surface area contributed by atoms with Crippen molar-refractivity contribution in [2.24, 2.45) is 0 Å². The van der Waals surface area contributed by atoms with E-state index in [0.717, 1.165) is 25.3 Å². The maximum Gasteiger partial charge on any atom is 0.142 e. The molecular formula is C15H14N4. The molecule has 0 aromatic carbocycles. The van der Waals surface area contributed by atoms with Crippen LogP contribution < -0.4 is 4.90 Å². The third-order valence-corrected chi connectivity index (χ3v) is 3.54. The zero-order valence-electron chi connectivity index (χ0n) is 10.5. The highest BCUT2D eigenvalue weighted by molar-refractivity contribution is 5.43. The van der Waals surface area contributed by atoms with Gasteiger partial charge in [-0.05, 0) is 36.2 Å². The molecule has 0 radical (unpaired) electrons. The van der Waals surface area contributed by atoms with E-state index >= 15 is 0 Å². The first-order valence-corrected chi connectivity index (χ1v) is 6.39. The van der Waals surface area contributed by atoms with Crippen LogP contribution in [0.4, 0.5) is 5.82 Å². The van der Waals surface area contributed by atoms with E-state index in [1.807, 2.05) is 24.5 Å². The number of hydrogen-bond acceptors (Lipinski definition) is 4. The predicted octanol–water partition coefficient (Wildman–Crippen LogP) is 2.34. The van der Waals surface area contributed by atoms with Gasteiger partial charge in [0.2, 0.25) is 0 Å². The molecule has 19 heavy (non-hydrogen) atoms. The topological polar surface area (TPSA) is 52.8 Å². The first-order valence-electron chi connectivity index (χ1n) is 6.39. The lowest BCUT2D eigenvalue weighted by molar-refractivity contribution is 0.772. The Kier molecular flexibility index (Phi) is 3.11. The van der Waals surface area contributed by atoms with E-state index in [9.17, 15) is 0 Å². The van der Waals surface area contributed by atoms with Crippen LogP contribution in [0.3, 0.4) is 0 Å². The Morgan fingerprint density at radius 3 is 2.84 bits per heavy atom. The summed E-state index contributed by atoms with van der Waals surface area (Å²) in [5, 5.41) is 8.90. The van der Waals surface area contributed by atoms with E-state index < -0.39 is 0 Å². The Balaban J connectivity index is 1.77. The van der Waals surface area contributed by atoms with Crippen LogP contribution in [0.2, 0.25) is 0 Å². The van der Waals surface area contributed by atoms with Crippen molar-refractivity contribution in [3.63, 3.8) is 0 Å². The van der Waals surface area contributed by atoms with Gasteiger partial charge in [-0.1, -0.05) is 6.07 Å². The molecule has 0 spiro atoms. The Morgan fingerprint density at radius 2 is 2.05 bits per heavy atom. The van der Waals surface area contributed by atoms with Gasteiger partial charge in [-0.15, -0.1) is 0 Å². The second-order valence-electron chi connectivity index (χ2n) is 4.70. The standard InChI is InChI=1S/C15H14N4/c16-10-14-2-1-3-15(18-14)19-9-6-13(11-19)12-4-7-17-8-5-12/h1-5,7-8,13H,6,9,11H2. The van der Waals surface area contributed by atoms with E-state index in [1.54, 1.807) is 6.07 Å². The summed E-state index contributed by atoms with van der Waals surface area (Å²) >= 11 is 0. The highest BCUT2D eigenvalue weighted by Crippen LogP contribution is 2.29. The minimum absolute atomic E-state index is 0.477. The van der Waals surface area contributed by atoms with Gasteiger partial charge in [-0.3, -0.25) is 4.98 Å². The molecule has 1 unspecified atom stereocenters. The van der Waals surface area contributed by atoms with Gasteiger partial charge < -0.3 is 4.90 Å². The van der Waals surface area contributed by atoms with Crippen molar-refractivity contribution >= 4 is 5.82 Å². The SMILES string of the molecule is N#Cc1cccc(N2CCC(c3ccncc3)C2)n1. The van der Waals surface area contributed by atoms with E-state index in [1.165, 1.54) is 5.56 Å². The van der Waals surface area contributed by atoms with E-state index in [4.69, 9.17) is 5.26 Å². The lowest BCUT2D eigenvalue weighted by atomic mass is 10.00. The van der Waals surface area contributed by atoms with Gasteiger partial charge in [0, 0.05) is 31.4 Å². The molecule has 1 saturated heterocycles. The van der Waals surface area contributed by atoms with Crippen molar-refractivity contribution in [1.82, 2.24) is 9.97 Å². The van der Waals surface area contributed by atoms with Crippen LogP contribution in [0, 0.1) is 11.3 Å². The Morgan fingerprint density at radius 1 is 1.21 bits per heavy atom. The summed E-state index contributed by atoms with van der Waals surface area (Å²) in [4.78, 5) is 10.7. The normalized spacial score (nSPS) is 18.3. The van der Waals surface area contributed by atoms with Crippen molar-refractivity contribution in [3.8, 4) is 6.07 Å². The van der Waals surface area contributed by atoms with Gasteiger partial charge in [-0.25, -0.2) is 4.98 Å². The molecule has 0 aliphatic carbocycles. The molecule has 1 aliphatic heterocycles. The smallest absolute Gasteiger partial charge is 0.142 e. The van der Waals surface area contributed by atoms with Gasteiger partial charge in [-0.2, -0.15) is 5.26 Å². The molecule has 0 amide bonds. The quantitative estimate of drug-likeness (QED) is 0.821. The van der Waals surface area contributed by atoms with Crippen LogP contribution in [0.1, 0.15) is 23.6 Å². The fraction of sp³-hybridized carbons (Fsp3) is 0.267. The zero-order valence-corrected chi connectivity index (χ0v) is 10.5. The van der Waals surface area contributed by atoms with E-state index in [2.05, 4.69) is 33.1 Å². The molecule has 3 heterocycles. The molecule has 4 heteroatoms. The molecule has 0 bridgehead atoms. The van der Waals surface area contributed by atoms with Gasteiger partial charge in [0.05, 0.1) is 0 Å². The fourth-order valence-electron chi connectivity index (χ4n) is 2.54. The van der Waals surface area contributed by atoms with Crippen molar-refractivity contribution in [2.45, 2.75) is 12.3 Å². The van der Waals surface area contributed by atoms with Crippen LogP contribution in [-0.4, -0.2) is 23.1 Å². The summed E-state index contributed by atoms with van der Waals surface area (Å²) in [6.45, 7) is 1.93. The molecule has 1 atom stereocenters. The summed E-state index contributed by atoms with van der Waals surface area (Å²) in [5.74, 6) is 1.42. The number of rotatable bonds is 2. The third-order valence-electron chi connectivity index (χ3n) is 3.54. The summed E-state index contributed by atoms with van der Waals surface area (Å²) in [5.41, 5.74) is 1.80. The average Bonchev–Trinajstić information content (AvgIpc) is 2.98. The van der Waals surface area contributed by atoms with Crippen LogP contribution in [-0.2, 0) is 0 Å². The summed E-state index contributed by atoms with van der Waals surface area (Å²) < 4.78 is 0. The predicted molar refractivity (Wildman–Crippen MR) is 72.8 cm³/mol. The third kappa shape index (κ3) is 2.41. The summed E-state index contributed by atoms with van der Waals surface area (Å²) in [6, 6.07) is 11.8. The molecule has 1 fully saturated rings. The van der Waals surface area contributed by atoms with E-state index in [-0.39, 0.29) is 0 Å². The molecule has 0 saturated carbocycles. The molecular weight excluding hydrogens is 236 g/mol. The van der Waals surface area contributed by atoms with Crippen LogP contribution >= 0.6 is 0 Å². The average molecular weight is 250 g/mol. The molecule has 2 aromatic rings. The number of hydrogen-bond donors (Lipinski definition) is 0. The number of nitrogens with zero attached hydrogens (tertiary/aromatic N) is 4. The minimum atomic E-state index is 0.477. The second kappa shape index (κ2) is 5.07. The number of aromatic nitrogens is 2. The number of pyridine rings is 2. The monoisotopic (exact) mass is 250 g/mol. The Labute approximate surface area is 112 Å². The molecule has 2 aromatic heterocycles. The number of nitriles is 1. The number of anilines is 1.